The zero-order valence-electron chi connectivity index (χ0n) is 6.54. The third-order valence-corrected chi connectivity index (χ3v) is 1.08. The minimum absolute atomic E-state index is 0.514. The quantitative estimate of drug-likeness (QED) is 0.815. The van der Waals surface area contributed by atoms with E-state index in [1.807, 2.05) is 0 Å². The Morgan fingerprint density at radius 3 is 2.71 bits per heavy atom. The molecule has 0 aliphatic heterocycles. The van der Waals surface area contributed by atoms with Crippen LogP contribution in [-0.2, 0) is 0 Å². The normalized spacial score (nSPS) is 11.4. The fourth-order valence-electron chi connectivity index (χ4n) is 0.584. The van der Waals surface area contributed by atoms with E-state index < -0.39 is 30.4 Å². The topological polar surface area (TPSA) is 72.6 Å². The van der Waals surface area contributed by atoms with Crippen molar-refractivity contribution in [1.29, 1.82) is 0 Å². The molecule has 0 fully saturated rings. The van der Waals surface area contributed by atoms with Gasteiger partial charge in [0.15, 0.2) is 6.61 Å². The summed E-state index contributed by atoms with van der Waals surface area (Å²) < 4.78 is 43.1. The number of halogens is 3. The molecule has 5 nitrogen and oxygen atoms in total. The van der Waals surface area contributed by atoms with Gasteiger partial charge in [0.25, 0.3) is 5.88 Å². The number of alkyl halides is 3. The highest BCUT2D eigenvalue weighted by Crippen LogP contribution is 2.18. The highest BCUT2D eigenvalue weighted by Gasteiger charge is 2.29. The third-order valence-electron chi connectivity index (χ3n) is 1.08. The highest BCUT2D eigenvalue weighted by molar-refractivity contribution is 5.84. The second-order valence-electron chi connectivity index (χ2n) is 2.24. The molecular formula is C6H4F3NO4. The summed E-state index contributed by atoms with van der Waals surface area (Å²) in [5, 5.41) is 11.3. The summed E-state index contributed by atoms with van der Waals surface area (Å²) in [6.07, 6.45) is -4.50. The molecule has 1 heterocycles. The summed E-state index contributed by atoms with van der Waals surface area (Å²) in [5.74, 6) is -2.53. The standard InChI is InChI=1S/C6H4F3NO4/c7-6(8,9)2-13-4-1-3(5(11)12)14-10-4/h1H,2H2,(H,11,12). The number of rotatable bonds is 3. The van der Waals surface area contributed by atoms with E-state index in [1.54, 1.807) is 0 Å². The number of aromatic carboxylic acids is 1. The van der Waals surface area contributed by atoms with Crippen LogP contribution in [0.4, 0.5) is 13.2 Å². The van der Waals surface area contributed by atoms with Crippen LogP contribution in [-0.4, -0.2) is 29.0 Å². The van der Waals surface area contributed by atoms with Gasteiger partial charge in [-0.2, -0.15) is 13.2 Å². The number of hydrogen-bond donors (Lipinski definition) is 1. The molecular weight excluding hydrogens is 207 g/mol. The number of carboxylic acid groups (broad SMARTS) is 1. The molecule has 1 aromatic rings. The van der Waals surface area contributed by atoms with Crippen molar-refractivity contribution in [2.24, 2.45) is 0 Å². The fourth-order valence-corrected chi connectivity index (χ4v) is 0.584. The van der Waals surface area contributed by atoms with Crippen LogP contribution in [0, 0.1) is 0 Å². The Bertz CT molecular complexity index is 332. The molecule has 1 N–H and O–H groups in total. The number of ether oxygens (including phenoxy) is 1. The minimum Gasteiger partial charge on any atom is -0.475 e. The van der Waals surface area contributed by atoms with E-state index in [2.05, 4.69) is 14.4 Å². The second kappa shape index (κ2) is 3.56. The maximum absolute atomic E-state index is 11.6. The molecule has 0 spiro atoms. The van der Waals surface area contributed by atoms with Crippen molar-refractivity contribution in [1.82, 2.24) is 5.16 Å². The summed E-state index contributed by atoms with van der Waals surface area (Å²) in [5.41, 5.74) is 0. The van der Waals surface area contributed by atoms with Crippen molar-refractivity contribution < 1.29 is 32.3 Å². The molecule has 0 aromatic carbocycles. The van der Waals surface area contributed by atoms with E-state index in [0.717, 1.165) is 6.07 Å². The van der Waals surface area contributed by atoms with Crippen LogP contribution in [0.5, 0.6) is 5.88 Å². The molecule has 0 unspecified atom stereocenters. The van der Waals surface area contributed by atoms with Crippen molar-refractivity contribution in [2.75, 3.05) is 6.61 Å². The number of carbonyl (C=O) groups is 1. The first-order chi connectivity index (χ1) is 6.38. The molecule has 14 heavy (non-hydrogen) atoms. The van der Waals surface area contributed by atoms with Crippen LogP contribution in [0.25, 0.3) is 0 Å². The van der Waals surface area contributed by atoms with E-state index in [0.29, 0.717) is 0 Å². The molecule has 0 aliphatic rings. The molecule has 0 aliphatic carbocycles. The molecule has 0 saturated heterocycles. The summed E-state index contributed by atoms with van der Waals surface area (Å²) >= 11 is 0. The van der Waals surface area contributed by atoms with E-state index in [-0.39, 0.29) is 0 Å². The zero-order valence-corrected chi connectivity index (χ0v) is 6.54. The van der Waals surface area contributed by atoms with Gasteiger partial charge in [0.2, 0.25) is 5.76 Å². The van der Waals surface area contributed by atoms with Crippen molar-refractivity contribution >= 4 is 5.97 Å². The number of carboxylic acids is 1. The van der Waals surface area contributed by atoms with Crippen molar-refractivity contribution in [3.63, 3.8) is 0 Å². The smallest absolute Gasteiger partial charge is 0.422 e. The number of hydrogen-bond acceptors (Lipinski definition) is 4. The van der Waals surface area contributed by atoms with Gasteiger partial charge in [-0.05, 0) is 5.16 Å². The van der Waals surface area contributed by atoms with Gasteiger partial charge >= 0.3 is 12.1 Å². The lowest BCUT2D eigenvalue weighted by Gasteiger charge is -2.04. The Morgan fingerprint density at radius 1 is 1.64 bits per heavy atom. The van der Waals surface area contributed by atoms with E-state index in [1.165, 1.54) is 0 Å². The number of aromatic nitrogens is 1. The van der Waals surface area contributed by atoms with Gasteiger partial charge < -0.3 is 14.4 Å². The van der Waals surface area contributed by atoms with E-state index >= 15 is 0 Å². The first-order valence-electron chi connectivity index (χ1n) is 3.28. The van der Waals surface area contributed by atoms with Gasteiger partial charge in [0, 0.05) is 0 Å². The van der Waals surface area contributed by atoms with E-state index in [4.69, 9.17) is 5.11 Å². The molecule has 0 saturated carbocycles. The molecule has 0 amide bonds. The van der Waals surface area contributed by atoms with Gasteiger partial charge in [-0.15, -0.1) is 0 Å². The van der Waals surface area contributed by atoms with Crippen molar-refractivity contribution in [3.05, 3.63) is 11.8 Å². The zero-order chi connectivity index (χ0) is 10.8. The summed E-state index contributed by atoms with van der Waals surface area (Å²) in [7, 11) is 0. The van der Waals surface area contributed by atoms with Gasteiger partial charge in [0.05, 0.1) is 6.07 Å². The largest absolute Gasteiger partial charge is 0.475 e. The average molecular weight is 211 g/mol. The molecule has 78 valence electrons. The van der Waals surface area contributed by atoms with Crippen molar-refractivity contribution in [2.45, 2.75) is 6.18 Å². The van der Waals surface area contributed by atoms with Gasteiger partial charge in [-0.3, -0.25) is 0 Å². The Hall–Kier alpha value is -1.73. The molecule has 0 bridgehead atoms. The molecule has 8 heteroatoms. The molecule has 1 rings (SSSR count). The third kappa shape index (κ3) is 2.96. The van der Waals surface area contributed by atoms with E-state index in [9.17, 15) is 18.0 Å². The van der Waals surface area contributed by atoms with Crippen LogP contribution in [0.1, 0.15) is 10.6 Å². The maximum Gasteiger partial charge on any atom is 0.422 e. The Kier molecular flexibility index (Phi) is 2.63. The predicted molar refractivity (Wildman–Crippen MR) is 35.0 cm³/mol. The van der Waals surface area contributed by atoms with Crippen LogP contribution in [0.2, 0.25) is 0 Å². The minimum atomic E-state index is -4.50. The predicted octanol–water partition coefficient (Wildman–Crippen LogP) is 1.31. The van der Waals surface area contributed by atoms with Crippen LogP contribution < -0.4 is 4.74 Å². The first-order valence-corrected chi connectivity index (χ1v) is 3.28. The Morgan fingerprint density at radius 2 is 2.29 bits per heavy atom. The highest BCUT2D eigenvalue weighted by atomic mass is 19.4. The lowest BCUT2D eigenvalue weighted by atomic mass is 10.5. The Balaban J connectivity index is 2.56. The molecule has 0 atom stereocenters. The van der Waals surface area contributed by atoms with Crippen LogP contribution >= 0.6 is 0 Å². The average Bonchev–Trinajstić information content (AvgIpc) is 2.47. The van der Waals surface area contributed by atoms with Crippen molar-refractivity contribution in [3.8, 4) is 5.88 Å². The summed E-state index contributed by atoms with van der Waals surface area (Å²) in [4.78, 5) is 10.2. The van der Waals surface area contributed by atoms with Crippen LogP contribution in [0.3, 0.4) is 0 Å². The van der Waals surface area contributed by atoms with Gasteiger partial charge in [0.1, 0.15) is 0 Å². The first kappa shape index (κ1) is 10.4. The van der Waals surface area contributed by atoms with Gasteiger partial charge in [-0.25, -0.2) is 4.79 Å². The lowest BCUT2D eigenvalue weighted by molar-refractivity contribution is -0.154. The molecule has 0 radical (unpaired) electrons. The Labute approximate surface area is 75.1 Å². The SMILES string of the molecule is O=C(O)c1cc(OCC(F)(F)F)no1. The maximum atomic E-state index is 11.6. The molecule has 1 aromatic heterocycles. The van der Waals surface area contributed by atoms with Gasteiger partial charge in [-0.1, -0.05) is 0 Å². The summed E-state index contributed by atoms with van der Waals surface area (Å²) in [6, 6.07) is 0.758. The monoisotopic (exact) mass is 211 g/mol. The number of nitrogens with zero attached hydrogens (tertiary/aromatic N) is 1. The van der Waals surface area contributed by atoms with Crippen LogP contribution in [0.15, 0.2) is 10.6 Å². The fraction of sp³-hybridized carbons (Fsp3) is 0.333. The summed E-state index contributed by atoms with van der Waals surface area (Å²) in [6.45, 7) is -1.54. The second-order valence-corrected chi connectivity index (χ2v) is 2.24. The lowest BCUT2D eigenvalue weighted by Crippen LogP contribution is -2.19.